The van der Waals surface area contributed by atoms with Crippen LogP contribution in [0.5, 0.6) is 0 Å². The normalized spacial score (nSPS) is 10.2. The minimum atomic E-state index is -0.265. The molecule has 0 saturated carbocycles. The van der Waals surface area contributed by atoms with Gasteiger partial charge in [-0.1, -0.05) is 25.1 Å². The van der Waals surface area contributed by atoms with E-state index in [0.29, 0.717) is 11.3 Å². The molecular formula is C19H23N3O3. The predicted octanol–water partition coefficient (Wildman–Crippen LogP) is 2.02. The van der Waals surface area contributed by atoms with E-state index in [1.807, 2.05) is 24.3 Å². The van der Waals surface area contributed by atoms with Crippen molar-refractivity contribution in [1.82, 2.24) is 5.32 Å². The van der Waals surface area contributed by atoms with Crippen molar-refractivity contribution < 1.29 is 14.7 Å². The van der Waals surface area contributed by atoms with Gasteiger partial charge in [0.05, 0.1) is 13.2 Å². The van der Waals surface area contributed by atoms with Crippen LogP contribution in [0.2, 0.25) is 0 Å². The lowest BCUT2D eigenvalue weighted by atomic mass is 10.1. The molecule has 0 saturated heterocycles. The van der Waals surface area contributed by atoms with Gasteiger partial charge in [0.15, 0.2) is 0 Å². The van der Waals surface area contributed by atoms with Crippen LogP contribution in [-0.4, -0.2) is 36.6 Å². The molecule has 2 rings (SSSR count). The van der Waals surface area contributed by atoms with Crippen molar-refractivity contribution in [1.29, 1.82) is 0 Å². The van der Waals surface area contributed by atoms with Crippen molar-refractivity contribution in [2.45, 2.75) is 13.3 Å². The van der Waals surface area contributed by atoms with Gasteiger partial charge < -0.3 is 21.1 Å². The van der Waals surface area contributed by atoms with Crippen LogP contribution in [0.25, 0.3) is 0 Å². The Balaban J connectivity index is 1.89. The number of carbonyl (C=O) groups is 2. The van der Waals surface area contributed by atoms with E-state index < -0.39 is 0 Å². The maximum absolute atomic E-state index is 12.1. The fourth-order valence-electron chi connectivity index (χ4n) is 2.30. The van der Waals surface area contributed by atoms with Crippen LogP contribution in [0.1, 0.15) is 22.8 Å². The zero-order valence-corrected chi connectivity index (χ0v) is 14.2. The molecule has 25 heavy (non-hydrogen) atoms. The molecule has 0 aliphatic rings. The molecule has 0 aliphatic carbocycles. The number of carbonyl (C=O) groups excluding carboxylic acids is 2. The van der Waals surface area contributed by atoms with Gasteiger partial charge >= 0.3 is 0 Å². The first kappa shape index (κ1) is 18.5. The Kier molecular flexibility index (Phi) is 6.98. The Morgan fingerprint density at radius 1 is 1.04 bits per heavy atom. The lowest BCUT2D eigenvalue weighted by Crippen LogP contribution is -2.26. The molecule has 0 fully saturated rings. The van der Waals surface area contributed by atoms with Gasteiger partial charge in [-0.2, -0.15) is 0 Å². The number of aliphatic hydroxyl groups excluding tert-OH is 1. The maximum Gasteiger partial charge on any atom is 0.251 e. The number of nitrogens with one attached hydrogen (secondary N) is 3. The Labute approximate surface area is 147 Å². The van der Waals surface area contributed by atoms with Crippen molar-refractivity contribution >= 4 is 23.2 Å². The van der Waals surface area contributed by atoms with E-state index in [9.17, 15) is 9.59 Å². The molecule has 2 aromatic carbocycles. The van der Waals surface area contributed by atoms with E-state index in [2.05, 4.69) is 22.9 Å². The predicted molar refractivity (Wildman–Crippen MR) is 98.8 cm³/mol. The molecule has 6 nitrogen and oxygen atoms in total. The van der Waals surface area contributed by atoms with Gasteiger partial charge in [-0.25, -0.2) is 0 Å². The van der Waals surface area contributed by atoms with Crippen LogP contribution >= 0.6 is 0 Å². The number of aryl methyl sites for hydroxylation is 1. The first-order valence-electron chi connectivity index (χ1n) is 8.24. The molecule has 2 amide bonds. The van der Waals surface area contributed by atoms with Crippen molar-refractivity contribution in [3.63, 3.8) is 0 Å². The van der Waals surface area contributed by atoms with Crippen LogP contribution in [0.4, 0.5) is 11.4 Å². The number of rotatable bonds is 8. The van der Waals surface area contributed by atoms with Crippen molar-refractivity contribution in [3.8, 4) is 0 Å². The second kappa shape index (κ2) is 9.44. The molecule has 0 aromatic heterocycles. The molecule has 0 heterocycles. The first-order chi connectivity index (χ1) is 12.1. The summed E-state index contributed by atoms with van der Waals surface area (Å²) in [6, 6.07) is 14.6. The number of anilines is 2. The fourth-order valence-corrected chi connectivity index (χ4v) is 2.30. The molecule has 2 aromatic rings. The average Bonchev–Trinajstić information content (AvgIpc) is 2.64. The fraction of sp³-hybridized carbons (Fsp3) is 0.263. The second-order valence-electron chi connectivity index (χ2n) is 5.52. The summed E-state index contributed by atoms with van der Waals surface area (Å²) in [5, 5.41) is 17.2. The van der Waals surface area contributed by atoms with E-state index in [4.69, 9.17) is 5.11 Å². The highest BCUT2D eigenvalue weighted by Crippen LogP contribution is 2.12. The molecular weight excluding hydrogens is 318 g/mol. The van der Waals surface area contributed by atoms with E-state index in [-0.39, 0.29) is 31.5 Å². The molecule has 0 spiro atoms. The van der Waals surface area contributed by atoms with Crippen molar-refractivity contribution in [3.05, 3.63) is 59.7 Å². The highest BCUT2D eigenvalue weighted by atomic mass is 16.3. The highest BCUT2D eigenvalue weighted by molar-refractivity contribution is 5.96. The zero-order valence-electron chi connectivity index (χ0n) is 14.2. The van der Waals surface area contributed by atoms with Gasteiger partial charge in [-0.3, -0.25) is 9.59 Å². The average molecular weight is 341 g/mol. The molecule has 0 bridgehead atoms. The summed E-state index contributed by atoms with van der Waals surface area (Å²) in [6.45, 7) is 2.25. The largest absolute Gasteiger partial charge is 0.395 e. The number of hydrogen-bond donors (Lipinski definition) is 4. The van der Waals surface area contributed by atoms with Crippen LogP contribution in [-0.2, 0) is 11.2 Å². The van der Waals surface area contributed by atoms with Gasteiger partial charge in [-0.05, 0) is 42.3 Å². The van der Waals surface area contributed by atoms with Crippen LogP contribution in [0.15, 0.2) is 48.5 Å². The van der Waals surface area contributed by atoms with E-state index in [1.54, 1.807) is 24.3 Å². The highest BCUT2D eigenvalue weighted by Gasteiger charge is 2.07. The quantitative estimate of drug-likeness (QED) is 0.591. The summed E-state index contributed by atoms with van der Waals surface area (Å²) in [6.07, 6.45) is 0.910. The molecule has 4 N–H and O–H groups in total. The summed E-state index contributed by atoms with van der Waals surface area (Å²) in [5.41, 5.74) is 3.07. The summed E-state index contributed by atoms with van der Waals surface area (Å²) in [7, 11) is 0. The SMILES string of the molecule is CCc1cccc(NC(=O)CNc2cccc(C(=O)NCCO)c2)c1. The van der Waals surface area contributed by atoms with Gasteiger partial charge in [-0.15, -0.1) is 0 Å². The first-order valence-corrected chi connectivity index (χ1v) is 8.24. The second-order valence-corrected chi connectivity index (χ2v) is 5.52. The lowest BCUT2D eigenvalue weighted by molar-refractivity contribution is -0.114. The smallest absolute Gasteiger partial charge is 0.251 e. The van der Waals surface area contributed by atoms with Gasteiger partial charge in [0.1, 0.15) is 0 Å². The Hall–Kier alpha value is -2.86. The number of amides is 2. The molecule has 0 unspecified atom stereocenters. The molecule has 0 aliphatic heterocycles. The van der Waals surface area contributed by atoms with E-state index in [1.165, 1.54) is 0 Å². The van der Waals surface area contributed by atoms with Gasteiger partial charge in [0.2, 0.25) is 5.91 Å². The Bertz CT molecular complexity index is 731. The van der Waals surface area contributed by atoms with Crippen LogP contribution in [0.3, 0.4) is 0 Å². The third-order valence-corrected chi connectivity index (χ3v) is 3.59. The number of aliphatic hydroxyl groups is 1. The summed E-state index contributed by atoms with van der Waals surface area (Å²) in [5.74, 6) is -0.429. The van der Waals surface area contributed by atoms with Crippen LogP contribution in [0, 0.1) is 0 Å². The Morgan fingerprint density at radius 3 is 2.56 bits per heavy atom. The third kappa shape index (κ3) is 5.93. The van der Waals surface area contributed by atoms with Crippen molar-refractivity contribution in [2.75, 3.05) is 30.3 Å². The summed E-state index contributed by atoms with van der Waals surface area (Å²) < 4.78 is 0. The molecule has 132 valence electrons. The standard InChI is InChI=1S/C19H23N3O3/c1-2-14-5-3-8-17(11-14)22-18(24)13-21-16-7-4-6-15(12-16)19(25)20-9-10-23/h3-8,11-12,21,23H,2,9-10,13H2,1H3,(H,20,25)(H,22,24). The molecule has 0 radical (unpaired) electrons. The minimum Gasteiger partial charge on any atom is -0.395 e. The number of benzene rings is 2. The summed E-state index contributed by atoms with van der Waals surface area (Å²) in [4.78, 5) is 23.9. The summed E-state index contributed by atoms with van der Waals surface area (Å²) >= 11 is 0. The number of hydrogen-bond acceptors (Lipinski definition) is 4. The molecule has 6 heteroatoms. The van der Waals surface area contributed by atoms with Gasteiger partial charge in [0, 0.05) is 23.5 Å². The monoisotopic (exact) mass is 341 g/mol. The van der Waals surface area contributed by atoms with E-state index >= 15 is 0 Å². The van der Waals surface area contributed by atoms with E-state index in [0.717, 1.165) is 17.7 Å². The van der Waals surface area contributed by atoms with Crippen molar-refractivity contribution in [2.24, 2.45) is 0 Å². The maximum atomic E-state index is 12.1. The Morgan fingerprint density at radius 2 is 1.80 bits per heavy atom. The topological polar surface area (TPSA) is 90.5 Å². The van der Waals surface area contributed by atoms with Crippen LogP contribution < -0.4 is 16.0 Å². The zero-order chi connectivity index (χ0) is 18.1. The lowest BCUT2D eigenvalue weighted by Gasteiger charge is -2.10. The minimum absolute atomic E-state index is 0.0953. The van der Waals surface area contributed by atoms with Gasteiger partial charge in [0.25, 0.3) is 5.91 Å². The molecule has 0 atom stereocenters. The third-order valence-electron chi connectivity index (χ3n) is 3.59.